The van der Waals surface area contributed by atoms with Crippen LogP contribution in [0.5, 0.6) is 0 Å². The highest BCUT2D eigenvalue weighted by Crippen LogP contribution is 2.45. The molecule has 18 heavy (non-hydrogen) atoms. The Labute approximate surface area is 103 Å². The number of carbonyl (C=O) groups excluding carboxylic acids is 1. The summed E-state index contributed by atoms with van der Waals surface area (Å²) in [4.78, 5) is 10.9. The average Bonchev–Trinajstić information content (AvgIpc) is 2.27. The summed E-state index contributed by atoms with van der Waals surface area (Å²) >= 11 is 0. The molecule has 2 rings (SSSR count). The Balaban J connectivity index is 2.06. The van der Waals surface area contributed by atoms with E-state index in [0.29, 0.717) is 32.1 Å². The molecule has 0 unspecified atom stereocenters. The van der Waals surface area contributed by atoms with Crippen molar-refractivity contribution in [2.75, 3.05) is 0 Å². The molecule has 2 saturated carbocycles. The van der Waals surface area contributed by atoms with Crippen LogP contribution in [0.25, 0.3) is 0 Å². The van der Waals surface area contributed by atoms with Gasteiger partial charge in [-0.15, -0.1) is 0 Å². The zero-order valence-electron chi connectivity index (χ0n) is 10.0. The monoisotopic (exact) mass is 266 g/mol. The lowest BCUT2D eigenvalue weighted by Gasteiger charge is -2.47. The predicted molar refractivity (Wildman–Crippen MR) is 56.7 cm³/mol. The molecule has 0 aliphatic heterocycles. The second-order valence-electron chi connectivity index (χ2n) is 5.29. The van der Waals surface area contributed by atoms with Crippen molar-refractivity contribution in [3.05, 3.63) is 0 Å². The number of alkyl halides is 3. The number of hydrogen-bond acceptors (Lipinski definition) is 3. The first kappa shape index (κ1) is 13.6. The van der Waals surface area contributed by atoms with Crippen molar-refractivity contribution in [3.8, 4) is 0 Å². The van der Waals surface area contributed by atoms with Crippen LogP contribution in [0.3, 0.4) is 0 Å². The van der Waals surface area contributed by atoms with Crippen molar-refractivity contribution in [2.24, 2.45) is 5.92 Å². The Morgan fingerprint density at radius 3 is 2.50 bits per heavy atom. The highest BCUT2D eigenvalue weighted by molar-refractivity contribution is 5.75. The molecule has 3 atom stereocenters. The van der Waals surface area contributed by atoms with Gasteiger partial charge in [0.1, 0.15) is 6.10 Å². The summed E-state index contributed by atoms with van der Waals surface area (Å²) in [6, 6.07) is 0. The molecular formula is C12H17F3O3. The lowest BCUT2D eigenvalue weighted by atomic mass is 9.66. The number of esters is 1. The van der Waals surface area contributed by atoms with Crippen molar-refractivity contribution in [2.45, 2.75) is 62.8 Å². The molecule has 104 valence electrons. The van der Waals surface area contributed by atoms with Gasteiger partial charge in [-0.3, -0.25) is 0 Å². The second kappa shape index (κ2) is 4.72. The molecule has 0 saturated heterocycles. The summed E-state index contributed by atoms with van der Waals surface area (Å²) in [6.45, 7) is 0. The van der Waals surface area contributed by atoms with Gasteiger partial charge in [0.15, 0.2) is 0 Å². The molecule has 3 nitrogen and oxygen atoms in total. The van der Waals surface area contributed by atoms with Crippen LogP contribution in [0.1, 0.15) is 44.9 Å². The number of hydrogen-bond donors (Lipinski definition) is 1. The molecule has 0 bridgehead atoms. The maximum absolute atomic E-state index is 12.2. The normalized spacial score (nSPS) is 36.9. The van der Waals surface area contributed by atoms with Crippen molar-refractivity contribution in [1.29, 1.82) is 0 Å². The molecule has 1 N–H and O–H groups in total. The van der Waals surface area contributed by atoms with Gasteiger partial charge in [-0.25, -0.2) is 4.79 Å². The molecule has 0 heterocycles. The van der Waals surface area contributed by atoms with E-state index in [1.54, 1.807) is 0 Å². The third-order valence-electron chi connectivity index (χ3n) is 4.10. The number of carbonyl (C=O) groups is 1. The van der Waals surface area contributed by atoms with Crippen LogP contribution in [0.4, 0.5) is 13.2 Å². The Bertz CT molecular complexity index is 325. The first-order valence-electron chi connectivity index (χ1n) is 6.33. The van der Waals surface area contributed by atoms with E-state index in [1.165, 1.54) is 0 Å². The highest BCUT2D eigenvalue weighted by atomic mass is 19.4. The quantitative estimate of drug-likeness (QED) is 0.742. The number of ether oxygens (including phenoxy) is 1. The van der Waals surface area contributed by atoms with E-state index in [-0.39, 0.29) is 5.92 Å². The summed E-state index contributed by atoms with van der Waals surface area (Å²) in [5.41, 5.74) is -0.937. The van der Waals surface area contributed by atoms with Gasteiger partial charge in [-0.1, -0.05) is 12.8 Å². The van der Waals surface area contributed by atoms with E-state index in [0.717, 1.165) is 12.8 Å². The van der Waals surface area contributed by atoms with Gasteiger partial charge in [0.05, 0.1) is 5.60 Å². The minimum atomic E-state index is -4.95. The van der Waals surface area contributed by atoms with E-state index < -0.39 is 23.9 Å². The van der Waals surface area contributed by atoms with Gasteiger partial charge in [0.25, 0.3) is 0 Å². The van der Waals surface area contributed by atoms with Gasteiger partial charge >= 0.3 is 12.1 Å². The molecule has 0 aromatic rings. The molecule has 0 amide bonds. The smallest absolute Gasteiger partial charge is 0.455 e. The SMILES string of the molecule is O=C(O[C@H]1CCC[C@@]2(O)CCCC[C@H]12)C(F)(F)F. The van der Waals surface area contributed by atoms with Gasteiger partial charge in [-0.2, -0.15) is 13.2 Å². The van der Waals surface area contributed by atoms with E-state index >= 15 is 0 Å². The molecule has 6 heteroatoms. The lowest BCUT2D eigenvalue weighted by Crippen LogP contribution is -2.51. The first-order valence-corrected chi connectivity index (χ1v) is 6.33. The largest absolute Gasteiger partial charge is 0.490 e. The van der Waals surface area contributed by atoms with Gasteiger partial charge in [0, 0.05) is 5.92 Å². The zero-order chi connectivity index (χ0) is 13.4. The minimum absolute atomic E-state index is 0.341. The van der Waals surface area contributed by atoms with Crippen molar-refractivity contribution in [3.63, 3.8) is 0 Å². The molecule has 2 aliphatic rings. The molecule has 2 fully saturated rings. The summed E-state index contributed by atoms with van der Waals surface area (Å²) in [5.74, 6) is -2.48. The lowest BCUT2D eigenvalue weighted by molar-refractivity contribution is -0.217. The van der Waals surface area contributed by atoms with Crippen molar-refractivity contribution < 1.29 is 27.8 Å². The van der Waals surface area contributed by atoms with E-state index in [1.807, 2.05) is 0 Å². The molecule has 2 aliphatic carbocycles. The minimum Gasteiger partial charge on any atom is -0.455 e. The predicted octanol–water partition coefficient (Wildman–Crippen LogP) is 2.57. The van der Waals surface area contributed by atoms with Crippen LogP contribution in [0, 0.1) is 5.92 Å². The third-order valence-corrected chi connectivity index (χ3v) is 4.10. The van der Waals surface area contributed by atoms with Crippen LogP contribution >= 0.6 is 0 Å². The van der Waals surface area contributed by atoms with Crippen LogP contribution in [-0.4, -0.2) is 29.0 Å². The number of fused-ring (bicyclic) bond motifs is 1. The summed E-state index contributed by atoms with van der Waals surface area (Å²) in [6.07, 6.45) is -1.16. The Kier molecular flexibility index (Phi) is 3.58. The zero-order valence-corrected chi connectivity index (χ0v) is 10.0. The highest BCUT2D eigenvalue weighted by Gasteiger charge is 2.50. The van der Waals surface area contributed by atoms with Crippen LogP contribution < -0.4 is 0 Å². The first-order chi connectivity index (χ1) is 8.33. The standard InChI is InChI=1S/C12H17F3O3/c13-12(14,15)10(16)18-9-5-3-7-11(17)6-2-1-4-8(9)11/h8-9,17H,1-7H2/t8-,9+,11+/m1/s1. The molecular weight excluding hydrogens is 249 g/mol. The van der Waals surface area contributed by atoms with Gasteiger partial charge in [-0.05, 0) is 32.1 Å². The molecule has 0 radical (unpaired) electrons. The maximum Gasteiger partial charge on any atom is 0.490 e. The van der Waals surface area contributed by atoms with Crippen molar-refractivity contribution >= 4 is 5.97 Å². The van der Waals surface area contributed by atoms with Crippen LogP contribution in [-0.2, 0) is 9.53 Å². The fourth-order valence-corrected chi connectivity index (χ4v) is 3.25. The number of halogens is 3. The molecule has 0 spiro atoms. The maximum atomic E-state index is 12.2. The Morgan fingerprint density at radius 2 is 1.83 bits per heavy atom. The van der Waals surface area contributed by atoms with Crippen LogP contribution in [0.2, 0.25) is 0 Å². The summed E-state index contributed by atoms with van der Waals surface area (Å²) in [7, 11) is 0. The summed E-state index contributed by atoms with van der Waals surface area (Å²) < 4.78 is 41.1. The Hall–Kier alpha value is -0.780. The van der Waals surface area contributed by atoms with E-state index in [9.17, 15) is 23.1 Å². The van der Waals surface area contributed by atoms with E-state index in [4.69, 9.17) is 0 Å². The topological polar surface area (TPSA) is 46.5 Å². The van der Waals surface area contributed by atoms with Crippen LogP contribution in [0.15, 0.2) is 0 Å². The fraction of sp³-hybridized carbons (Fsp3) is 0.917. The number of aliphatic hydroxyl groups is 1. The van der Waals surface area contributed by atoms with Crippen molar-refractivity contribution in [1.82, 2.24) is 0 Å². The van der Waals surface area contributed by atoms with E-state index in [2.05, 4.69) is 4.74 Å². The summed E-state index contributed by atoms with van der Waals surface area (Å²) in [5, 5.41) is 10.4. The van der Waals surface area contributed by atoms with Gasteiger partial charge < -0.3 is 9.84 Å². The molecule has 0 aromatic carbocycles. The van der Waals surface area contributed by atoms with Gasteiger partial charge in [0.2, 0.25) is 0 Å². The second-order valence-corrected chi connectivity index (χ2v) is 5.29. The molecule has 0 aromatic heterocycles. The average molecular weight is 266 g/mol. The fourth-order valence-electron chi connectivity index (χ4n) is 3.25. The third kappa shape index (κ3) is 2.63. The Morgan fingerprint density at radius 1 is 1.17 bits per heavy atom. The number of rotatable bonds is 1.